The van der Waals surface area contributed by atoms with Gasteiger partial charge in [-0.3, -0.25) is 4.79 Å². The van der Waals surface area contributed by atoms with Gasteiger partial charge in [0.2, 0.25) is 0 Å². The normalized spacial score (nSPS) is 10.6. The van der Waals surface area contributed by atoms with Gasteiger partial charge in [-0.15, -0.1) is 0 Å². The van der Waals surface area contributed by atoms with E-state index in [1.165, 1.54) is 19.4 Å². The van der Waals surface area contributed by atoms with Gasteiger partial charge >= 0.3 is 0 Å². The zero-order valence-electron chi connectivity index (χ0n) is 13.3. The molecule has 0 aliphatic carbocycles. The van der Waals surface area contributed by atoms with Crippen LogP contribution in [0.5, 0.6) is 11.5 Å². The van der Waals surface area contributed by atoms with Crippen molar-refractivity contribution in [3.63, 3.8) is 0 Å². The molecule has 0 unspecified atom stereocenters. The van der Waals surface area contributed by atoms with Crippen LogP contribution in [0.25, 0.3) is 0 Å². The number of halogens is 1. The Hall–Kier alpha value is -2.73. The van der Waals surface area contributed by atoms with E-state index in [1.807, 2.05) is 19.1 Å². The highest BCUT2D eigenvalue weighted by molar-refractivity contribution is 6.31. The fraction of sp³-hybridized carbons (Fsp3) is 0.176. The van der Waals surface area contributed by atoms with Crippen molar-refractivity contribution in [2.45, 2.75) is 6.92 Å². The minimum absolute atomic E-state index is 0.00544. The molecule has 0 spiro atoms. The summed E-state index contributed by atoms with van der Waals surface area (Å²) >= 11 is 6.02. The number of carbonyl (C=O) groups is 1. The largest absolute Gasteiger partial charge is 0.504 e. The van der Waals surface area contributed by atoms with Crippen LogP contribution in [0, 0.1) is 6.92 Å². The molecule has 1 amide bonds. The molecule has 6 nitrogen and oxygen atoms in total. The van der Waals surface area contributed by atoms with Gasteiger partial charge in [-0.1, -0.05) is 17.7 Å². The number of anilines is 1. The smallest absolute Gasteiger partial charge is 0.259 e. The van der Waals surface area contributed by atoms with Gasteiger partial charge in [-0.05, 0) is 48.4 Å². The summed E-state index contributed by atoms with van der Waals surface area (Å²) in [5.74, 6) is 0.0755. The number of aromatic hydroxyl groups is 1. The maximum absolute atomic E-state index is 11.8. The molecule has 126 valence electrons. The van der Waals surface area contributed by atoms with Gasteiger partial charge in [-0.2, -0.15) is 5.10 Å². The second-order valence-electron chi connectivity index (χ2n) is 4.99. The predicted octanol–water partition coefficient (Wildman–Crippen LogP) is 2.92. The zero-order valence-corrected chi connectivity index (χ0v) is 14.1. The summed E-state index contributed by atoms with van der Waals surface area (Å²) in [7, 11) is 1.47. The third-order valence-electron chi connectivity index (χ3n) is 3.31. The lowest BCUT2D eigenvalue weighted by Crippen LogP contribution is -2.26. The Labute approximate surface area is 145 Å². The van der Waals surface area contributed by atoms with Gasteiger partial charge in [0.05, 0.1) is 19.9 Å². The predicted molar refractivity (Wildman–Crippen MR) is 95.1 cm³/mol. The molecule has 0 bridgehead atoms. The first-order chi connectivity index (χ1) is 11.5. The lowest BCUT2D eigenvalue weighted by molar-refractivity contribution is -0.119. The van der Waals surface area contributed by atoms with Crippen LogP contribution in [0.1, 0.15) is 11.1 Å². The van der Waals surface area contributed by atoms with E-state index in [0.29, 0.717) is 16.3 Å². The van der Waals surface area contributed by atoms with Gasteiger partial charge in [-0.25, -0.2) is 5.43 Å². The highest BCUT2D eigenvalue weighted by Gasteiger charge is 2.04. The second kappa shape index (κ2) is 8.21. The summed E-state index contributed by atoms with van der Waals surface area (Å²) in [5, 5.41) is 17.1. The molecule has 0 aromatic heterocycles. The number of phenols is 1. The molecule has 2 rings (SSSR count). The Balaban J connectivity index is 1.86. The van der Waals surface area contributed by atoms with Crippen LogP contribution in [0.2, 0.25) is 5.02 Å². The summed E-state index contributed by atoms with van der Waals surface area (Å²) in [6, 6.07) is 10.3. The molecule has 24 heavy (non-hydrogen) atoms. The van der Waals surface area contributed by atoms with E-state index in [2.05, 4.69) is 15.8 Å². The summed E-state index contributed by atoms with van der Waals surface area (Å²) < 4.78 is 4.95. The number of phenolic OH excluding ortho intramolecular Hbond substituents is 1. The molecule has 2 aromatic carbocycles. The van der Waals surface area contributed by atoms with Crippen LogP contribution in [0.4, 0.5) is 5.69 Å². The number of hydrogen-bond acceptors (Lipinski definition) is 5. The van der Waals surface area contributed by atoms with Gasteiger partial charge < -0.3 is 15.2 Å². The third kappa shape index (κ3) is 4.63. The zero-order chi connectivity index (χ0) is 17.5. The quantitative estimate of drug-likeness (QED) is 0.554. The highest BCUT2D eigenvalue weighted by atomic mass is 35.5. The number of amides is 1. The Kier molecular flexibility index (Phi) is 6.03. The molecule has 0 heterocycles. The number of nitrogens with one attached hydrogen (secondary N) is 2. The van der Waals surface area contributed by atoms with Crippen LogP contribution in [0.3, 0.4) is 0 Å². The molecule has 0 radical (unpaired) electrons. The van der Waals surface area contributed by atoms with Gasteiger partial charge in [0, 0.05) is 10.7 Å². The molecule has 3 N–H and O–H groups in total. The number of methoxy groups -OCH3 is 1. The van der Waals surface area contributed by atoms with Crippen molar-refractivity contribution in [2.24, 2.45) is 5.10 Å². The van der Waals surface area contributed by atoms with Gasteiger partial charge in [0.25, 0.3) is 5.91 Å². The minimum Gasteiger partial charge on any atom is -0.504 e. The van der Waals surface area contributed by atoms with Crippen molar-refractivity contribution in [3.05, 3.63) is 52.5 Å². The molecular formula is C17H18ClN3O3. The number of rotatable bonds is 6. The highest BCUT2D eigenvalue weighted by Crippen LogP contribution is 2.25. The Bertz CT molecular complexity index is 763. The van der Waals surface area contributed by atoms with Gasteiger partial charge in [0.15, 0.2) is 11.5 Å². The number of hydrogen-bond donors (Lipinski definition) is 3. The number of benzene rings is 2. The first-order valence-corrected chi connectivity index (χ1v) is 7.57. The average molecular weight is 348 g/mol. The first-order valence-electron chi connectivity index (χ1n) is 7.19. The van der Waals surface area contributed by atoms with Crippen LogP contribution in [0.15, 0.2) is 41.5 Å². The van der Waals surface area contributed by atoms with E-state index in [9.17, 15) is 9.90 Å². The van der Waals surface area contributed by atoms with E-state index in [4.69, 9.17) is 16.3 Å². The Morgan fingerprint density at radius 1 is 1.38 bits per heavy atom. The third-order valence-corrected chi connectivity index (χ3v) is 3.72. The van der Waals surface area contributed by atoms with Crippen molar-refractivity contribution in [1.82, 2.24) is 5.43 Å². The minimum atomic E-state index is -0.302. The molecule has 0 saturated heterocycles. The SMILES string of the molecule is COc1ccc(/C=N\NC(=O)CNc2cccc(Cl)c2C)cc1O. The molecule has 7 heteroatoms. The van der Waals surface area contributed by atoms with E-state index in [-0.39, 0.29) is 18.2 Å². The summed E-state index contributed by atoms with van der Waals surface area (Å²) in [4.78, 5) is 11.8. The summed E-state index contributed by atoms with van der Waals surface area (Å²) in [6.45, 7) is 1.93. The topological polar surface area (TPSA) is 83.0 Å². The molecule has 0 saturated carbocycles. The fourth-order valence-electron chi connectivity index (χ4n) is 1.98. The van der Waals surface area contributed by atoms with E-state index in [0.717, 1.165) is 11.3 Å². The molecule has 0 atom stereocenters. The Morgan fingerprint density at radius 3 is 2.88 bits per heavy atom. The summed E-state index contributed by atoms with van der Waals surface area (Å²) in [5.41, 5.74) is 4.71. The lowest BCUT2D eigenvalue weighted by Gasteiger charge is -2.09. The van der Waals surface area contributed by atoms with Crippen LogP contribution >= 0.6 is 11.6 Å². The molecular weight excluding hydrogens is 330 g/mol. The lowest BCUT2D eigenvalue weighted by atomic mass is 10.2. The van der Waals surface area contributed by atoms with Crippen molar-refractivity contribution >= 4 is 29.4 Å². The summed E-state index contributed by atoms with van der Waals surface area (Å²) in [6.07, 6.45) is 1.43. The van der Waals surface area contributed by atoms with Crippen molar-refractivity contribution in [2.75, 3.05) is 19.0 Å². The number of carbonyl (C=O) groups excluding carboxylic acids is 1. The van der Waals surface area contributed by atoms with E-state index < -0.39 is 0 Å². The average Bonchev–Trinajstić information content (AvgIpc) is 2.56. The second-order valence-corrected chi connectivity index (χ2v) is 5.40. The van der Waals surface area contributed by atoms with Crippen molar-refractivity contribution < 1.29 is 14.6 Å². The van der Waals surface area contributed by atoms with Gasteiger partial charge in [0.1, 0.15) is 0 Å². The molecule has 0 aliphatic heterocycles. The van der Waals surface area contributed by atoms with Crippen LogP contribution in [-0.2, 0) is 4.79 Å². The molecule has 0 aliphatic rings. The van der Waals surface area contributed by atoms with Crippen molar-refractivity contribution in [1.29, 1.82) is 0 Å². The number of ether oxygens (including phenoxy) is 1. The first kappa shape index (κ1) is 17.6. The molecule has 0 fully saturated rings. The van der Waals surface area contributed by atoms with Crippen LogP contribution in [-0.4, -0.2) is 30.9 Å². The van der Waals surface area contributed by atoms with Crippen LogP contribution < -0.4 is 15.5 Å². The number of hydrazone groups is 1. The molecule has 2 aromatic rings. The standard InChI is InChI=1S/C17H18ClN3O3/c1-11-13(18)4-3-5-14(11)19-10-17(23)21-20-9-12-6-7-16(24-2)15(22)8-12/h3-9,19,22H,10H2,1-2H3,(H,21,23)/b20-9-. The maximum Gasteiger partial charge on any atom is 0.259 e. The van der Waals surface area contributed by atoms with Crippen molar-refractivity contribution in [3.8, 4) is 11.5 Å². The monoisotopic (exact) mass is 347 g/mol. The fourth-order valence-corrected chi connectivity index (χ4v) is 2.15. The Morgan fingerprint density at radius 2 is 2.17 bits per heavy atom. The van der Waals surface area contributed by atoms with E-state index >= 15 is 0 Å². The van der Waals surface area contributed by atoms with E-state index in [1.54, 1.807) is 18.2 Å². The number of nitrogens with zero attached hydrogens (tertiary/aromatic N) is 1. The maximum atomic E-state index is 11.8.